The van der Waals surface area contributed by atoms with Crippen molar-refractivity contribution in [2.24, 2.45) is 0 Å². The van der Waals surface area contributed by atoms with Gasteiger partial charge in [0.25, 0.3) is 0 Å². The highest BCUT2D eigenvalue weighted by atomic mass is 16.7. The van der Waals surface area contributed by atoms with E-state index in [0.29, 0.717) is 38.9 Å². The van der Waals surface area contributed by atoms with Crippen molar-refractivity contribution in [3.63, 3.8) is 0 Å². The number of hydrogen-bond acceptors (Lipinski definition) is 4. The molecule has 0 amide bonds. The molecule has 0 atom stereocenters. The molecule has 5 nitrogen and oxygen atoms in total. The van der Waals surface area contributed by atoms with Crippen molar-refractivity contribution >= 4 is 5.97 Å². The van der Waals surface area contributed by atoms with Crippen LogP contribution in [0.4, 0.5) is 0 Å². The molecule has 1 aliphatic carbocycles. The zero-order valence-electron chi connectivity index (χ0n) is 11.2. The highest BCUT2D eigenvalue weighted by molar-refractivity contribution is 5.87. The molecular weight excluding hydrogens is 260 g/mol. The van der Waals surface area contributed by atoms with Gasteiger partial charge in [-0.25, -0.2) is 4.79 Å². The molecule has 108 valence electrons. The second kappa shape index (κ2) is 4.84. The molecule has 0 unspecified atom stereocenters. The Kier molecular flexibility index (Phi) is 3.28. The molecule has 5 heteroatoms. The number of rotatable bonds is 2. The van der Waals surface area contributed by atoms with Gasteiger partial charge in [0.05, 0.1) is 24.4 Å². The normalized spacial score (nSPS) is 23.9. The van der Waals surface area contributed by atoms with Crippen molar-refractivity contribution in [3.8, 4) is 0 Å². The van der Waals surface area contributed by atoms with Gasteiger partial charge in [-0.05, 0) is 30.5 Å². The SMILES string of the molecule is O=C(O)c1ccc(C2(O)CCC3(CC2)OCCO3)cc1. The smallest absolute Gasteiger partial charge is 0.335 e. The number of ether oxygens (including phenoxy) is 2. The Balaban J connectivity index is 1.75. The summed E-state index contributed by atoms with van der Waals surface area (Å²) in [5, 5.41) is 19.7. The van der Waals surface area contributed by atoms with Crippen molar-refractivity contribution in [2.75, 3.05) is 13.2 Å². The highest BCUT2D eigenvalue weighted by Crippen LogP contribution is 2.44. The van der Waals surface area contributed by atoms with Crippen LogP contribution in [0.1, 0.15) is 41.6 Å². The van der Waals surface area contributed by atoms with Crippen LogP contribution in [0.25, 0.3) is 0 Å². The zero-order valence-corrected chi connectivity index (χ0v) is 11.2. The number of carboxylic acids is 1. The number of carbonyl (C=O) groups is 1. The summed E-state index contributed by atoms with van der Waals surface area (Å²) in [6.07, 6.45) is 2.42. The molecule has 3 rings (SSSR count). The van der Waals surface area contributed by atoms with E-state index in [0.717, 1.165) is 5.56 Å². The lowest BCUT2D eigenvalue weighted by atomic mass is 9.77. The van der Waals surface area contributed by atoms with Gasteiger partial charge in [0.1, 0.15) is 0 Å². The van der Waals surface area contributed by atoms with Crippen LogP contribution < -0.4 is 0 Å². The Hall–Kier alpha value is -1.43. The van der Waals surface area contributed by atoms with E-state index >= 15 is 0 Å². The third kappa shape index (κ3) is 2.32. The first-order valence-electron chi connectivity index (χ1n) is 6.87. The minimum atomic E-state index is -0.959. The third-order valence-corrected chi connectivity index (χ3v) is 4.32. The maximum absolute atomic E-state index is 10.8. The third-order valence-electron chi connectivity index (χ3n) is 4.32. The van der Waals surface area contributed by atoms with E-state index in [1.165, 1.54) is 12.1 Å². The fourth-order valence-corrected chi connectivity index (χ4v) is 3.04. The summed E-state index contributed by atoms with van der Waals surface area (Å²) in [4.78, 5) is 10.8. The van der Waals surface area contributed by atoms with Gasteiger partial charge in [0.15, 0.2) is 5.79 Å². The van der Waals surface area contributed by atoms with Gasteiger partial charge in [-0.15, -0.1) is 0 Å². The standard InChI is InChI=1S/C15H18O5/c16-13(17)11-1-3-12(4-2-11)14(18)5-7-15(8-6-14)19-9-10-20-15/h1-4,18H,5-10H2,(H,16,17). The molecule has 1 spiro atoms. The molecule has 1 saturated heterocycles. The summed E-state index contributed by atoms with van der Waals surface area (Å²) in [6, 6.07) is 6.45. The van der Waals surface area contributed by atoms with Crippen LogP contribution in [-0.4, -0.2) is 35.2 Å². The summed E-state index contributed by atoms with van der Waals surface area (Å²) < 4.78 is 11.3. The van der Waals surface area contributed by atoms with E-state index in [1.807, 2.05) is 0 Å². The molecule has 1 aromatic carbocycles. The molecule has 2 aliphatic rings. The van der Waals surface area contributed by atoms with Crippen LogP contribution in [0.3, 0.4) is 0 Å². The predicted molar refractivity (Wildman–Crippen MR) is 70.4 cm³/mol. The van der Waals surface area contributed by atoms with E-state index in [9.17, 15) is 9.90 Å². The quantitative estimate of drug-likeness (QED) is 0.864. The maximum atomic E-state index is 10.8. The van der Waals surface area contributed by atoms with E-state index in [4.69, 9.17) is 14.6 Å². The topological polar surface area (TPSA) is 76.0 Å². The fourth-order valence-electron chi connectivity index (χ4n) is 3.04. The monoisotopic (exact) mass is 278 g/mol. The molecule has 1 saturated carbocycles. The van der Waals surface area contributed by atoms with Crippen molar-refractivity contribution < 1.29 is 24.5 Å². The van der Waals surface area contributed by atoms with Gasteiger partial charge < -0.3 is 19.7 Å². The summed E-state index contributed by atoms with van der Waals surface area (Å²) in [5.41, 5.74) is 0.0693. The van der Waals surface area contributed by atoms with Crippen LogP contribution in [0.15, 0.2) is 24.3 Å². The van der Waals surface area contributed by atoms with Crippen LogP contribution in [0, 0.1) is 0 Å². The molecule has 0 radical (unpaired) electrons. The first kappa shape index (κ1) is 13.5. The van der Waals surface area contributed by atoms with Gasteiger partial charge >= 0.3 is 5.97 Å². The minimum Gasteiger partial charge on any atom is -0.478 e. The fraction of sp³-hybridized carbons (Fsp3) is 0.533. The Morgan fingerprint density at radius 3 is 2.05 bits per heavy atom. The second-order valence-electron chi connectivity index (χ2n) is 5.52. The van der Waals surface area contributed by atoms with E-state index < -0.39 is 17.4 Å². The van der Waals surface area contributed by atoms with Crippen molar-refractivity contribution in [2.45, 2.75) is 37.1 Å². The predicted octanol–water partition coefficient (Wildman–Crippen LogP) is 1.89. The van der Waals surface area contributed by atoms with Crippen LogP contribution >= 0.6 is 0 Å². The summed E-state index contributed by atoms with van der Waals surface area (Å²) in [6.45, 7) is 1.23. The van der Waals surface area contributed by atoms with Crippen LogP contribution in [0.5, 0.6) is 0 Å². The average molecular weight is 278 g/mol. The van der Waals surface area contributed by atoms with Gasteiger partial charge in [-0.3, -0.25) is 0 Å². The summed E-state index contributed by atoms with van der Waals surface area (Å²) in [7, 11) is 0. The zero-order chi connectivity index (χ0) is 14.2. The lowest BCUT2D eigenvalue weighted by Gasteiger charge is -2.40. The second-order valence-corrected chi connectivity index (χ2v) is 5.52. The summed E-state index contributed by atoms with van der Waals surface area (Å²) >= 11 is 0. The highest BCUT2D eigenvalue weighted by Gasteiger charge is 2.46. The maximum Gasteiger partial charge on any atom is 0.335 e. The molecular formula is C15H18O5. The Bertz CT molecular complexity index is 492. The van der Waals surface area contributed by atoms with Gasteiger partial charge in [0, 0.05) is 12.8 Å². The molecule has 1 heterocycles. The van der Waals surface area contributed by atoms with Crippen molar-refractivity contribution in [1.29, 1.82) is 0 Å². The number of benzene rings is 1. The Morgan fingerprint density at radius 1 is 1.00 bits per heavy atom. The largest absolute Gasteiger partial charge is 0.478 e. The minimum absolute atomic E-state index is 0.229. The molecule has 1 aliphatic heterocycles. The van der Waals surface area contributed by atoms with E-state index in [-0.39, 0.29) is 5.56 Å². The number of aromatic carboxylic acids is 1. The van der Waals surface area contributed by atoms with E-state index in [2.05, 4.69) is 0 Å². The van der Waals surface area contributed by atoms with Crippen molar-refractivity contribution in [3.05, 3.63) is 35.4 Å². The molecule has 2 N–H and O–H groups in total. The summed E-state index contributed by atoms with van der Waals surface area (Å²) in [5.74, 6) is -1.47. The van der Waals surface area contributed by atoms with Crippen LogP contribution in [0.2, 0.25) is 0 Å². The Labute approximate surface area is 117 Å². The first-order chi connectivity index (χ1) is 9.53. The van der Waals surface area contributed by atoms with Gasteiger partial charge in [0.2, 0.25) is 0 Å². The Morgan fingerprint density at radius 2 is 1.55 bits per heavy atom. The van der Waals surface area contributed by atoms with Crippen LogP contribution in [-0.2, 0) is 15.1 Å². The van der Waals surface area contributed by atoms with Crippen molar-refractivity contribution in [1.82, 2.24) is 0 Å². The first-order valence-corrected chi connectivity index (χ1v) is 6.87. The molecule has 0 aromatic heterocycles. The lowest BCUT2D eigenvalue weighted by molar-refractivity contribution is -0.204. The van der Waals surface area contributed by atoms with E-state index in [1.54, 1.807) is 12.1 Å². The number of carboxylic acid groups (broad SMARTS) is 1. The molecule has 0 bridgehead atoms. The number of hydrogen-bond donors (Lipinski definition) is 2. The average Bonchev–Trinajstić information content (AvgIpc) is 2.92. The molecule has 20 heavy (non-hydrogen) atoms. The van der Waals surface area contributed by atoms with Gasteiger partial charge in [-0.2, -0.15) is 0 Å². The van der Waals surface area contributed by atoms with Gasteiger partial charge in [-0.1, -0.05) is 12.1 Å². The molecule has 2 fully saturated rings. The lowest BCUT2D eigenvalue weighted by Crippen LogP contribution is -2.42. The molecule has 1 aromatic rings. The number of aliphatic hydroxyl groups is 1.